The molecule has 19 heavy (non-hydrogen) atoms. The number of rotatable bonds is 5. The first kappa shape index (κ1) is 15.8. The van der Waals surface area contributed by atoms with E-state index < -0.39 is 16.0 Å². The molecule has 0 fully saturated rings. The van der Waals surface area contributed by atoms with E-state index in [-0.39, 0.29) is 22.3 Å². The van der Waals surface area contributed by atoms with E-state index in [0.717, 1.165) is 10.4 Å². The average Bonchev–Trinajstić information content (AvgIpc) is 2.29. The first-order chi connectivity index (χ1) is 8.65. The van der Waals surface area contributed by atoms with Gasteiger partial charge >= 0.3 is 10.2 Å². The molecule has 0 heterocycles. The highest BCUT2D eigenvalue weighted by Crippen LogP contribution is 2.17. The summed E-state index contributed by atoms with van der Waals surface area (Å²) < 4.78 is 40.8. The highest BCUT2D eigenvalue weighted by Gasteiger charge is 2.20. The van der Waals surface area contributed by atoms with Crippen LogP contribution in [0.3, 0.4) is 0 Å². The van der Waals surface area contributed by atoms with Crippen LogP contribution in [0.2, 0.25) is 0 Å². The fourth-order valence-electron chi connectivity index (χ4n) is 1.28. The molecular formula is C11H16FN3O2S2. The van der Waals surface area contributed by atoms with E-state index in [0.29, 0.717) is 0 Å². The van der Waals surface area contributed by atoms with Crippen molar-refractivity contribution in [1.82, 2.24) is 4.31 Å². The third kappa shape index (κ3) is 3.85. The summed E-state index contributed by atoms with van der Waals surface area (Å²) in [5.74, 6) is -0.590. The van der Waals surface area contributed by atoms with Gasteiger partial charge in [0.15, 0.2) is 0 Å². The minimum absolute atomic E-state index is 0.00222. The lowest BCUT2D eigenvalue weighted by Crippen LogP contribution is -2.37. The van der Waals surface area contributed by atoms with Crippen LogP contribution in [0.1, 0.15) is 19.4 Å². The Hall–Kier alpha value is -1.25. The molecule has 0 saturated carbocycles. The molecular weight excluding hydrogens is 289 g/mol. The van der Waals surface area contributed by atoms with Gasteiger partial charge in [-0.3, -0.25) is 4.72 Å². The standard InChI is InChI=1S/C11H16FN3O2S2/c1-7(2)15(3)19(16,17)14-8-4-5-10(12)9(6-8)11(13)18/h4-7,14H,1-3H3,(H2,13,18). The smallest absolute Gasteiger partial charge is 0.301 e. The molecule has 3 N–H and O–H groups in total. The summed E-state index contributed by atoms with van der Waals surface area (Å²) in [4.78, 5) is -0.129. The van der Waals surface area contributed by atoms with E-state index in [1.54, 1.807) is 13.8 Å². The number of nitrogens with one attached hydrogen (secondary N) is 1. The van der Waals surface area contributed by atoms with E-state index in [2.05, 4.69) is 4.72 Å². The highest BCUT2D eigenvalue weighted by atomic mass is 32.2. The quantitative estimate of drug-likeness (QED) is 0.808. The molecule has 1 rings (SSSR count). The number of hydrogen-bond donors (Lipinski definition) is 2. The number of thiocarbonyl (C=S) groups is 1. The van der Waals surface area contributed by atoms with Gasteiger partial charge < -0.3 is 5.73 Å². The maximum Gasteiger partial charge on any atom is 0.301 e. The van der Waals surface area contributed by atoms with E-state index in [1.165, 1.54) is 19.2 Å². The lowest BCUT2D eigenvalue weighted by atomic mass is 10.2. The maximum atomic E-state index is 13.4. The second kappa shape index (κ2) is 5.81. The van der Waals surface area contributed by atoms with Crippen molar-refractivity contribution >= 4 is 33.1 Å². The van der Waals surface area contributed by atoms with Crippen LogP contribution >= 0.6 is 12.2 Å². The van der Waals surface area contributed by atoms with Crippen molar-refractivity contribution in [2.45, 2.75) is 19.9 Å². The molecule has 0 unspecified atom stereocenters. The summed E-state index contributed by atoms with van der Waals surface area (Å²) in [5.41, 5.74) is 5.57. The Kier molecular flexibility index (Phi) is 4.83. The Bertz CT molecular complexity index is 588. The Labute approximate surface area is 117 Å². The summed E-state index contributed by atoms with van der Waals surface area (Å²) in [5, 5.41) is 0. The van der Waals surface area contributed by atoms with E-state index in [4.69, 9.17) is 18.0 Å². The third-order valence-electron chi connectivity index (χ3n) is 2.58. The maximum absolute atomic E-state index is 13.4. The fourth-order valence-corrected chi connectivity index (χ4v) is 2.56. The molecule has 0 radical (unpaired) electrons. The molecule has 5 nitrogen and oxygen atoms in total. The van der Waals surface area contributed by atoms with Crippen molar-refractivity contribution in [3.05, 3.63) is 29.6 Å². The van der Waals surface area contributed by atoms with Gasteiger partial charge in [-0.2, -0.15) is 12.7 Å². The van der Waals surface area contributed by atoms with Crippen LogP contribution in [0.5, 0.6) is 0 Å². The van der Waals surface area contributed by atoms with Gasteiger partial charge in [0, 0.05) is 18.7 Å². The van der Waals surface area contributed by atoms with Crippen molar-refractivity contribution in [3.8, 4) is 0 Å². The van der Waals surface area contributed by atoms with Gasteiger partial charge in [-0.15, -0.1) is 0 Å². The van der Waals surface area contributed by atoms with Crippen LogP contribution in [0.25, 0.3) is 0 Å². The minimum atomic E-state index is -3.69. The lowest BCUT2D eigenvalue weighted by molar-refractivity contribution is 0.414. The predicted octanol–water partition coefficient (Wildman–Crippen LogP) is 1.46. The van der Waals surface area contributed by atoms with Gasteiger partial charge in [0.25, 0.3) is 0 Å². The van der Waals surface area contributed by atoms with Gasteiger partial charge in [0.2, 0.25) is 0 Å². The Morgan fingerprint density at radius 1 is 1.47 bits per heavy atom. The molecule has 0 aliphatic carbocycles. The normalized spacial score (nSPS) is 11.9. The fraction of sp³-hybridized carbons (Fsp3) is 0.364. The van der Waals surface area contributed by atoms with Crippen molar-refractivity contribution in [2.24, 2.45) is 5.73 Å². The van der Waals surface area contributed by atoms with Crippen LogP contribution in [0.15, 0.2) is 18.2 Å². The van der Waals surface area contributed by atoms with Crippen molar-refractivity contribution in [1.29, 1.82) is 0 Å². The summed E-state index contributed by atoms with van der Waals surface area (Å²) in [6, 6.07) is 3.49. The van der Waals surface area contributed by atoms with Crippen molar-refractivity contribution in [2.75, 3.05) is 11.8 Å². The van der Waals surface area contributed by atoms with E-state index >= 15 is 0 Å². The molecule has 8 heteroatoms. The molecule has 0 amide bonds. The molecule has 0 bridgehead atoms. The monoisotopic (exact) mass is 305 g/mol. The molecule has 0 spiro atoms. The largest absolute Gasteiger partial charge is 0.389 e. The van der Waals surface area contributed by atoms with Gasteiger partial charge in [-0.05, 0) is 32.0 Å². The first-order valence-electron chi connectivity index (χ1n) is 5.50. The molecule has 1 aromatic carbocycles. The summed E-state index contributed by atoms with van der Waals surface area (Å²) in [6.07, 6.45) is 0. The zero-order valence-electron chi connectivity index (χ0n) is 10.8. The zero-order valence-corrected chi connectivity index (χ0v) is 12.5. The van der Waals surface area contributed by atoms with Crippen molar-refractivity contribution < 1.29 is 12.8 Å². The average molecular weight is 305 g/mol. The Morgan fingerprint density at radius 2 is 2.05 bits per heavy atom. The highest BCUT2D eigenvalue weighted by molar-refractivity contribution is 7.90. The Morgan fingerprint density at radius 3 is 2.53 bits per heavy atom. The molecule has 106 valence electrons. The summed E-state index contributed by atoms with van der Waals surface area (Å²) in [6.45, 7) is 3.48. The number of nitrogens with two attached hydrogens (primary N) is 1. The van der Waals surface area contributed by atoms with Crippen LogP contribution < -0.4 is 10.5 Å². The number of benzene rings is 1. The molecule has 1 aromatic rings. The second-order valence-corrected chi connectivity index (χ2v) is 6.45. The summed E-state index contributed by atoms with van der Waals surface area (Å²) >= 11 is 4.69. The molecule has 0 atom stereocenters. The molecule has 0 saturated heterocycles. The Balaban J connectivity index is 3.07. The van der Waals surface area contributed by atoms with E-state index in [1.807, 2.05) is 0 Å². The van der Waals surface area contributed by atoms with Crippen LogP contribution in [-0.4, -0.2) is 30.8 Å². The lowest BCUT2D eigenvalue weighted by Gasteiger charge is -2.21. The number of hydrogen-bond acceptors (Lipinski definition) is 3. The first-order valence-corrected chi connectivity index (χ1v) is 7.35. The SMILES string of the molecule is CC(C)N(C)S(=O)(=O)Nc1ccc(F)c(C(N)=S)c1. The third-order valence-corrected chi connectivity index (χ3v) is 4.48. The zero-order chi connectivity index (χ0) is 14.8. The van der Waals surface area contributed by atoms with Crippen molar-refractivity contribution in [3.63, 3.8) is 0 Å². The van der Waals surface area contributed by atoms with Gasteiger partial charge in [0.1, 0.15) is 10.8 Å². The van der Waals surface area contributed by atoms with Crippen LogP contribution in [0, 0.1) is 5.82 Å². The number of anilines is 1. The number of nitrogens with zero attached hydrogens (tertiary/aromatic N) is 1. The van der Waals surface area contributed by atoms with Crippen LogP contribution in [-0.2, 0) is 10.2 Å². The van der Waals surface area contributed by atoms with Crippen LogP contribution in [0.4, 0.5) is 10.1 Å². The van der Waals surface area contributed by atoms with Gasteiger partial charge in [-0.25, -0.2) is 4.39 Å². The second-order valence-electron chi connectivity index (χ2n) is 4.28. The summed E-state index contributed by atoms with van der Waals surface area (Å²) in [7, 11) is -2.24. The topological polar surface area (TPSA) is 75.4 Å². The minimum Gasteiger partial charge on any atom is -0.389 e. The number of halogens is 1. The van der Waals surface area contributed by atoms with Gasteiger partial charge in [0.05, 0.1) is 5.69 Å². The molecule has 0 aliphatic heterocycles. The predicted molar refractivity (Wildman–Crippen MR) is 77.7 cm³/mol. The molecule has 0 aliphatic rings. The van der Waals surface area contributed by atoms with Gasteiger partial charge in [-0.1, -0.05) is 12.2 Å². The molecule has 0 aromatic heterocycles. The van der Waals surface area contributed by atoms with E-state index in [9.17, 15) is 12.8 Å².